The van der Waals surface area contributed by atoms with Gasteiger partial charge in [0, 0.05) is 5.92 Å². The van der Waals surface area contributed by atoms with Gasteiger partial charge in [-0.05, 0) is 76.9 Å². The van der Waals surface area contributed by atoms with Crippen LogP contribution in [0.2, 0.25) is 0 Å². The Morgan fingerprint density at radius 1 is 1.24 bits per heavy atom. The van der Waals surface area contributed by atoms with Crippen LogP contribution in [0.4, 0.5) is 0 Å². The summed E-state index contributed by atoms with van der Waals surface area (Å²) < 4.78 is 5.76. The van der Waals surface area contributed by atoms with Crippen molar-refractivity contribution in [2.75, 3.05) is 13.1 Å². The number of hydrogen-bond donors (Lipinski definition) is 2. The number of benzene rings is 1. The van der Waals surface area contributed by atoms with Crippen LogP contribution in [0.15, 0.2) is 12.1 Å². The van der Waals surface area contributed by atoms with Crippen LogP contribution in [-0.2, 0) is 4.74 Å². The largest absolute Gasteiger partial charge is 0.507 e. The minimum absolute atomic E-state index is 0.240. The summed E-state index contributed by atoms with van der Waals surface area (Å²) in [5, 5.41) is 13.1. The second kappa shape index (κ2) is 6.06. The van der Waals surface area contributed by atoms with E-state index in [0.717, 1.165) is 25.9 Å². The normalized spacial score (nSPS) is 16.8. The number of aromatic hydroxyl groups is 1. The average Bonchev–Trinajstić information content (AvgIpc) is 2.44. The van der Waals surface area contributed by atoms with Crippen molar-refractivity contribution in [3.05, 3.63) is 28.8 Å². The fraction of sp³-hybridized carbons (Fsp3) is 0.588. The lowest BCUT2D eigenvalue weighted by atomic mass is 9.83. The zero-order chi connectivity index (χ0) is 15.6. The number of phenols is 1. The number of ether oxygens (including phenoxy) is 1. The van der Waals surface area contributed by atoms with Gasteiger partial charge in [-0.15, -0.1) is 0 Å². The van der Waals surface area contributed by atoms with Gasteiger partial charge in [0.1, 0.15) is 11.4 Å². The molecule has 2 rings (SSSR count). The van der Waals surface area contributed by atoms with Crippen LogP contribution < -0.4 is 5.32 Å². The van der Waals surface area contributed by atoms with Crippen molar-refractivity contribution in [2.24, 2.45) is 5.92 Å². The average molecular weight is 291 g/mol. The molecule has 116 valence electrons. The zero-order valence-corrected chi connectivity index (χ0v) is 13.3. The van der Waals surface area contributed by atoms with E-state index in [1.165, 1.54) is 0 Å². The fourth-order valence-corrected chi connectivity index (χ4v) is 2.97. The van der Waals surface area contributed by atoms with Crippen molar-refractivity contribution >= 4 is 5.97 Å². The summed E-state index contributed by atoms with van der Waals surface area (Å²) in [6.07, 6.45) is 2.04. The fourth-order valence-electron chi connectivity index (χ4n) is 2.97. The molecule has 0 atom stereocenters. The Balaban J connectivity index is 2.13. The molecule has 1 saturated heterocycles. The monoisotopic (exact) mass is 291 g/mol. The highest BCUT2D eigenvalue weighted by Crippen LogP contribution is 2.31. The number of rotatable bonds is 3. The molecular weight excluding hydrogens is 266 g/mol. The Bertz CT molecular complexity index is 508. The van der Waals surface area contributed by atoms with E-state index in [9.17, 15) is 9.90 Å². The molecule has 0 aliphatic carbocycles. The van der Waals surface area contributed by atoms with Gasteiger partial charge >= 0.3 is 5.97 Å². The van der Waals surface area contributed by atoms with E-state index >= 15 is 0 Å². The molecule has 1 aliphatic heterocycles. The SMILES string of the molecule is Cc1cc(C(=O)OC(C)(C)C2CCNCC2)cc(C)c1O. The summed E-state index contributed by atoms with van der Waals surface area (Å²) in [6, 6.07) is 3.37. The van der Waals surface area contributed by atoms with Crippen LogP contribution in [0.5, 0.6) is 5.75 Å². The highest BCUT2D eigenvalue weighted by molar-refractivity contribution is 5.90. The van der Waals surface area contributed by atoms with Crippen molar-refractivity contribution < 1.29 is 14.6 Å². The predicted molar refractivity (Wildman–Crippen MR) is 82.7 cm³/mol. The summed E-state index contributed by atoms with van der Waals surface area (Å²) in [5.41, 5.74) is 1.42. The number of esters is 1. The summed E-state index contributed by atoms with van der Waals surface area (Å²) in [7, 11) is 0. The number of aryl methyl sites for hydroxylation is 2. The van der Waals surface area contributed by atoms with E-state index in [-0.39, 0.29) is 11.7 Å². The summed E-state index contributed by atoms with van der Waals surface area (Å²) in [4.78, 5) is 12.4. The quantitative estimate of drug-likeness (QED) is 0.841. The van der Waals surface area contributed by atoms with E-state index in [1.54, 1.807) is 26.0 Å². The van der Waals surface area contributed by atoms with Crippen molar-refractivity contribution in [1.29, 1.82) is 0 Å². The van der Waals surface area contributed by atoms with Gasteiger partial charge in [0.15, 0.2) is 0 Å². The van der Waals surface area contributed by atoms with E-state index in [1.807, 2.05) is 13.8 Å². The van der Waals surface area contributed by atoms with Gasteiger partial charge in [-0.2, -0.15) is 0 Å². The lowest BCUT2D eigenvalue weighted by Gasteiger charge is -2.36. The summed E-state index contributed by atoms with van der Waals surface area (Å²) in [5.74, 6) is 0.302. The molecule has 21 heavy (non-hydrogen) atoms. The molecule has 0 amide bonds. The van der Waals surface area contributed by atoms with Gasteiger partial charge in [-0.3, -0.25) is 0 Å². The van der Waals surface area contributed by atoms with Crippen LogP contribution in [-0.4, -0.2) is 29.8 Å². The molecule has 0 unspecified atom stereocenters. The molecule has 0 bridgehead atoms. The third-order valence-corrected chi connectivity index (χ3v) is 4.40. The molecule has 4 heteroatoms. The Hall–Kier alpha value is -1.55. The third kappa shape index (κ3) is 3.56. The number of hydrogen-bond acceptors (Lipinski definition) is 4. The van der Waals surface area contributed by atoms with Gasteiger partial charge in [0.25, 0.3) is 0 Å². The highest BCUT2D eigenvalue weighted by atomic mass is 16.6. The van der Waals surface area contributed by atoms with Gasteiger partial charge in [0.05, 0.1) is 5.56 Å². The topological polar surface area (TPSA) is 58.6 Å². The first-order valence-corrected chi connectivity index (χ1v) is 7.55. The summed E-state index contributed by atoms with van der Waals surface area (Å²) in [6.45, 7) is 9.50. The molecule has 4 nitrogen and oxygen atoms in total. The van der Waals surface area contributed by atoms with E-state index in [0.29, 0.717) is 22.6 Å². The number of carbonyl (C=O) groups excluding carboxylic acids is 1. The van der Waals surface area contributed by atoms with Gasteiger partial charge in [0.2, 0.25) is 0 Å². The van der Waals surface area contributed by atoms with Crippen molar-refractivity contribution in [2.45, 2.75) is 46.1 Å². The minimum atomic E-state index is -0.473. The molecule has 0 saturated carbocycles. The first-order chi connectivity index (χ1) is 9.81. The zero-order valence-electron chi connectivity index (χ0n) is 13.3. The Kier molecular flexibility index (Phi) is 4.57. The molecule has 2 N–H and O–H groups in total. The second-order valence-corrected chi connectivity index (χ2v) is 6.48. The van der Waals surface area contributed by atoms with Crippen LogP contribution in [0.25, 0.3) is 0 Å². The molecule has 0 spiro atoms. The second-order valence-electron chi connectivity index (χ2n) is 6.48. The van der Waals surface area contributed by atoms with Crippen LogP contribution in [0, 0.1) is 19.8 Å². The number of piperidine rings is 1. The number of carbonyl (C=O) groups is 1. The molecule has 1 aromatic rings. The first kappa shape index (κ1) is 15.8. The van der Waals surface area contributed by atoms with E-state index in [2.05, 4.69) is 5.32 Å². The lowest BCUT2D eigenvalue weighted by Crippen LogP contribution is -2.42. The molecular formula is C17H25NO3. The van der Waals surface area contributed by atoms with Crippen molar-refractivity contribution in [1.82, 2.24) is 5.32 Å². The maximum Gasteiger partial charge on any atom is 0.338 e. The van der Waals surface area contributed by atoms with Crippen molar-refractivity contribution in [3.63, 3.8) is 0 Å². The maximum absolute atomic E-state index is 12.4. The lowest BCUT2D eigenvalue weighted by molar-refractivity contribution is -0.0368. The molecule has 0 aromatic heterocycles. The molecule has 1 fully saturated rings. The summed E-state index contributed by atoms with van der Waals surface area (Å²) >= 11 is 0. The Labute approximate surface area is 126 Å². The third-order valence-electron chi connectivity index (χ3n) is 4.40. The van der Waals surface area contributed by atoms with E-state index < -0.39 is 5.60 Å². The first-order valence-electron chi connectivity index (χ1n) is 7.55. The van der Waals surface area contributed by atoms with Crippen molar-refractivity contribution in [3.8, 4) is 5.75 Å². The molecule has 1 heterocycles. The number of nitrogens with one attached hydrogen (secondary N) is 1. The van der Waals surface area contributed by atoms with Gasteiger partial charge < -0.3 is 15.2 Å². The van der Waals surface area contributed by atoms with E-state index in [4.69, 9.17) is 4.74 Å². The number of phenolic OH excluding ortho intramolecular Hbond substituents is 1. The smallest absolute Gasteiger partial charge is 0.338 e. The standard InChI is InChI=1S/C17H25NO3/c1-11-9-13(10-12(2)15(11)19)16(20)21-17(3,4)14-5-7-18-8-6-14/h9-10,14,18-19H,5-8H2,1-4H3. The molecule has 1 aromatic carbocycles. The van der Waals surface area contributed by atoms with Crippen LogP contribution in [0.3, 0.4) is 0 Å². The highest BCUT2D eigenvalue weighted by Gasteiger charge is 2.34. The van der Waals surface area contributed by atoms with Crippen LogP contribution in [0.1, 0.15) is 48.2 Å². The molecule has 1 aliphatic rings. The molecule has 0 radical (unpaired) electrons. The maximum atomic E-state index is 12.4. The van der Waals surface area contributed by atoms with Crippen LogP contribution >= 0.6 is 0 Å². The Morgan fingerprint density at radius 3 is 2.29 bits per heavy atom. The predicted octanol–water partition coefficient (Wildman–Crippen LogP) is 2.94. The van der Waals surface area contributed by atoms with Gasteiger partial charge in [-0.1, -0.05) is 0 Å². The minimum Gasteiger partial charge on any atom is -0.507 e. The Morgan fingerprint density at radius 2 is 1.76 bits per heavy atom. The van der Waals surface area contributed by atoms with Gasteiger partial charge in [-0.25, -0.2) is 4.79 Å².